The van der Waals surface area contributed by atoms with Crippen molar-refractivity contribution in [3.05, 3.63) is 76.4 Å². The summed E-state index contributed by atoms with van der Waals surface area (Å²) in [6.45, 7) is 8.56. The van der Waals surface area contributed by atoms with Crippen molar-refractivity contribution in [1.29, 1.82) is 5.26 Å². The van der Waals surface area contributed by atoms with Crippen molar-refractivity contribution in [1.82, 2.24) is 20.1 Å². The van der Waals surface area contributed by atoms with E-state index in [4.69, 9.17) is 16.9 Å². The summed E-state index contributed by atoms with van der Waals surface area (Å²) in [7, 11) is 0. The van der Waals surface area contributed by atoms with E-state index in [1.807, 2.05) is 30.5 Å². The van der Waals surface area contributed by atoms with Crippen molar-refractivity contribution in [3.63, 3.8) is 0 Å². The number of likely N-dealkylation sites (tertiary alicyclic amines) is 1. The average molecular weight is 818 g/mol. The number of nitriles is 1. The second-order valence-electron chi connectivity index (χ2n) is 17.2. The van der Waals surface area contributed by atoms with E-state index in [1.54, 1.807) is 18.2 Å². The second-order valence-corrected chi connectivity index (χ2v) is 17.6. The highest BCUT2D eigenvalue weighted by Gasteiger charge is 2.47. The van der Waals surface area contributed by atoms with E-state index in [0.717, 1.165) is 119 Å². The Morgan fingerprint density at radius 3 is 2.14 bits per heavy atom. The molecule has 306 valence electrons. The molecule has 5 amide bonds. The molecule has 2 aromatic carbocycles. The van der Waals surface area contributed by atoms with Crippen LogP contribution in [0, 0.1) is 28.6 Å². The largest absolute Gasteiger partial charge is 0.371 e. The Kier molecular flexibility index (Phi) is 10.5. The van der Waals surface area contributed by atoms with E-state index in [9.17, 15) is 24.0 Å². The third-order valence-corrected chi connectivity index (χ3v) is 13.8. The first kappa shape index (κ1) is 39.0. The molecule has 14 nitrogen and oxygen atoms in total. The van der Waals surface area contributed by atoms with Gasteiger partial charge in [-0.2, -0.15) is 5.26 Å². The number of anilines is 4. The molecule has 0 saturated carbocycles. The van der Waals surface area contributed by atoms with Crippen LogP contribution in [-0.4, -0.2) is 109 Å². The predicted octanol–water partition coefficient (Wildman–Crippen LogP) is 4.68. The van der Waals surface area contributed by atoms with Gasteiger partial charge in [0.05, 0.1) is 33.6 Å². The zero-order valence-electron chi connectivity index (χ0n) is 33.0. The summed E-state index contributed by atoms with van der Waals surface area (Å²) in [4.78, 5) is 78.8. The van der Waals surface area contributed by atoms with Crippen LogP contribution in [0.25, 0.3) is 0 Å². The maximum Gasteiger partial charge on any atom is 0.262 e. The lowest BCUT2D eigenvalue weighted by Crippen LogP contribution is -2.61. The quantitative estimate of drug-likeness (QED) is 0.304. The van der Waals surface area contributed by atoms with Gasteiger partial charge in [-0.25, -0.2) is 4.98 Å². The van der Waals surface area contributed by atoms with Gasteiger partial charge in [0.25, 0.3) is 11.8 Å². The molecule has 1 aromatic heterocycles. The van der Waals surface area contributed by atoms with E-state index in [2.05, 4.69) is 47.4 Å². The highest BCUT2D eigenvalue weighted by Crippen LogP contribution is 2.43. The van der Waals surface area contributed by atoms with Gasteiger partial charge in [-0.15, -0.1) is 0 Å². The topological polar surface area (TPSA) is 162 Å². The lowest BCUT2D eigenvalue weighted by molar-refractivity contribution is -0.136. The molecule has 1 unspecified atom stereocenters. The monoisotopic (exact) mass is 817 g/mol. The Morgan fingerprint density at radius 2 is 1.46 bits per heavy atom. The fourth-order valence-corrected chi connectivity index (χ4v) is 10.3. The zero-order chi connectivity index (χ0) is 40.8. The second kappa shape index (κ2) is 15.9. The van der Waals surface area contributed by atoms with Crippen molar-refractivity contribution < 1.29 is 24.0 Å². The molecule has 6 aliphatic rings. The van der Waals surface area contributed by atoms with Crippen molar-refractivity contribution in [3.8, 4) is 6.07 Å². The van der Waals surface area contributed by atoms with Gasteiger partial charge < -0.3 is 24.9 Å². The lowest BCUT2D eigenvalue weighted by atomic mass is 9.71. The molecule has 59 heavy (non-hydrogen) atoms. The van der Waals surface area contributed by atoms with Gasteiger partial charge in [-0.05, 0) is 105 Å². The van der Waals surface area contributed by atoms with Gasteiger partial charge in [0.15, 0.2) is 0 Å². The molecule has 9 rings (SSSR count). The third-order valence-electron chi connectivity index (χ3n) is 13.5. The number of nitrogens with zero attached hydrogens (tertiary/aromatic N) is 7. The summed E-state index contributed by atoms with van der Waals surface area (Å²) < 4.78 is 0. The van der Waals surface area contributed by atoms with Crippen LogP contribution in [0.15, 0.2) is 54.7 Å². The standard InChI is InChI=1S/C44H48ClN9O5/c45-36-22-32(2-1-30(36)23-46)51-17-11-29(12-18-51)40(56)48-38-7-4-33(24-47-38)52-15-9-28(10-16-52)25-50-26-44(27-50)13-19-53(20-14-44)31-3-5-34-35(21-31)43(59)54(42(34)58)37-6-8-39(55)49-41(37)57/h1-5,7,21-22,24,28-29,37H,6,8-20,25-27H2,(H,47,48,56)(H,49,55,57). The number of fused-ring (bicyclic) bond motifs is 1. The molecule has 15 heteroatoms. The Balaban J connectivity index is 0.691. The van der Waals surface area contributed by atoms with E-state index < -0.39 is 23.8 Å². The number of hydrogen-bond acceptors (Lipinski definition) is 11. The number of rotatable bonds is 8. The number of nitrogens with one attached hydrogen (secondary N) is 2. The number of carbonyl (C=O) groups is 5. The van der Waals surface area contributed by atoms with Crippen molar-refractivity contribution >= 4 is 64.0 Å². The minimum atomic E-state index is -0.962. The summed E-state index contributed by atoms with van der Waals surface area (Å²) in [5, 5.41) is 14.9. The predicted molar refractivity (Wildman–Crippen MR) is 222 cm³/mol. The van der Waals surface area contributed by atoms with E-state index in [0.29, 0.717) is 38.9 Å². The first-order valence-electron chi connectivity index (χ1n) is 20.9. The van der Waals surface area contributed by atoms with Gasteiger partial charge in [-0.1, -0.05) is 11.6 Å². The number of amides is 5. The third kappa shape index (κ3) is 7.74. The number of pyridine rings is 1. The van der Waals surface area contributed by atoms with Crippen LogP contribution < -0.4 is 25.3 Å². The molecule has 2 N–H and O–H groups in total. The Bertz CT molecular complexity index is 2210. The molecule has 3 aromatic rings. The van der Waals surface area contributed by atoms with E-state index >= 15 is 0 Å². The number of carbonyl (C=O) groups excluding carboxylic acids is 5. The smallest absolute Gasteiger partial charge is 0.262 e. The van der Waals surface area contributed by atoms with Crippen LogP contribution in [-0.2, 0) is 14.4 Å². The minimum Gasteiger partial charge on any atom is -0.371 e. The summed E-state index contributed by atoms with van der Waals surface area (Å²) in [5.41, 5.74) is 4.39. The first-order valence-corrected chi connectivity index (χ1v) is 21.2. The summed E-state index contributed by atoms with van der Waals surface area (Å²) in [6.07, 6.45) is 7.99. The van der Waals surface area contributed by atoms with Crippen LogP contribution in [0.1, 0.15) is 77.6 Å². The average Bonchev–Trinajstić information content (AvgIpc) is 3.48. The summed E-state index contributed by atoms with van der Waals surface area (Å²) >= 11 is 6.24. The van der Waals surface area contributed by atoms with Gasteiger partial charge in [-0.3, -0.25) is 34.2 Å². The van der Waals surface area contributed by atoms with Crippen LogP contribution in [0.3, 0.4) is 0 Å². The Hall–Kier alpha value is -5.52. The molecule has 0 bridgehead atoms. The molecule has 0 radical (unpaired) electrons. The van der Waals surface area contributed by atoms with Crippen LogP contribution >= 0.6 is 11.6 Å². The fraction of sp³-hybridized carbons (Fsp3) is 0.477. The molecule has 6 aliphatic heterocycles. The maximum absolute atomic E-state index is 13.4. The number of halogens is 1. The van der Waals surface area contributed by atoms with E-state index in [1.165, 1.54) is 0 Å². The van der Waals surface area contributed by atoms with Gasteiger partial charge in [0.2, 0.25) is 17.7 Å². The van der Waals surface area contributed by atoms with Crippen molar-refractivity contribution in [2.24, 2.45) is 17.3 Å². The molecule has 5 saturated heterocycles. The minimum absolute atomic E-state index is 0.000922. The number of hydrogen-bond donors (Lipinski definition) is 2. The van der Waals surface area contributed by atoms with E-state index in [-0.39, 0.29) is 30.6 Å². The number of benzene rings is 2. The molecule has 0 aliphatic carbocycles. The Morgan fingerprint density at radius 1 is 0.814 bits per heavy atom. The lowest BCUT2D eigenvalue weighted by Gasteiger charge is -2.55. The van der Waals surface area contributed by atoms with Gasteiger partial charge in [0.1, 0.15) is 17.9 Å². The van der Waals surface area contributed by atoms with Crippen molar-refractivity contribution in [2.75, 3.05) is 78.9 Å². The van der Waals surface area contributed by atoms with Gasteiger partial charge in [0, 0.05) is 82.6 Å². The number of piperidine rings is 4. The first-order chi connectivity index (χ1) is 28.6. The highest BCUT2D eigenvalue weighted by molar-refractivity contribution is 6.32. The van der Waals surface area contributed by atoms with Crippen LogP contribution in [0.2, 0.25) is 5.02 Å². The van der Waals surface area contributed by atoms with Gasteiger partial charge >= 0.3 is 0 Å². The molecule has 1 atom stereocenters. The molecular weight excluding hydrogens is 770 g/mol. The highest BCUT2D eigenvalue weighted by atomic mass is 35.5. The normalized spacial score (nSPS) is 22.6. The SMILES string of the molecule is N#Cc1ccc(N2CCC(C(=O)Nc3ccc(N4CCC(CN5CC6(CCN(c7ccc8c(c7)C(=O)N(C7CCC(=O)NC7=O)C8=O)CC6)C5)CC4)cn3)CC2)cc1Cl. The number of imide groups is 2. The molecule has 1 spiro atoms. The summed E-state index contributed by atoms with van der Waals surface area (Å²) in [6, 6.07) is 16.0. The molecular formula is C44H48ClN9O5. The van der Waals surface area contributed by atoms with Crippen molar-refractivity contribution in [2.45, 2.75) is 57.4 Å². The zero-order valence-corrected chi connectivity index (χ0v) is 33.8. The van der Waals surface area contributed by atoms with Crippen LogP contribution in [0.4, 0.5) is 22.9 Å². The Labute approximate surface area is 348 Å². The fourth-order valence-electron chi connectivity index (χ4n) is 10.0. The molecule has 7 heterocycles. The number of aromatic nitrogens is 1. The van der Waals surface area contributed by atoms with Crippen LogP contribution in [0.5, 0.6) is 0 Å². The molecule has 5 fully saturated rings. The maximum atomic E-state index is 13.4. The summed E-state index contributed by atoms with van der Waals surface area (Å²) in [5.74, 6) is -0.788.